The van der Waals surface area contributed by atoms with Crippen LogP contribution in [0, 0.1) is 3.57 Å². The Bertz CT molecular complexity index is 673. The molecule has 3 rings (SSSR count). The zero-order valence-electron chi connectivity index (χ0n) is 8.84. The van der Waals surface area contributed by atoms with Gasteiger partial charge >= 0.3 is 0 Å². The zero-order valence-corrected chi connectivity index (χ0v) is 11.0. The summed E-state index contributed by atoms with van der Waals surface area (Å²) >= 11 is 2.23. The van der Waals surface area contributed by atoms with Crippen LogP contribution < -0.4 is 5.73 Å². The monoisotopic (exact) mass is 336 g/mol. The lowest BCUT2D eigenvalue weighted by atomic mass is 10.1. The van der Waals surface area contributed by atoms with Crippen LogP contribution in [0.2, 0.25) is 0 Å². The second kappa shape index (κ2) is 3.99. The van der Waals surface area contributed by atoms with Crippen molar-refractivity contribution in [2.45, 2.75) is 0 Å². The summed E-state index contributed by atoms with van der Waals surface area (Å²) in [5.41, 5.74) is 8.36. The van der Waals surface area contributed by atoms with E-state index in [9.17, 15) is 0 Å². The van der Waals surface area contributed by atoms with E-state index in [0.717, 1.165) is 20.5 Å². The first-order chi connectivity index (χ1) is 8.22. The molecule has 0 aliphatic heterocycles. The second-order valence-electron chi connectivity index (χ2n) is 3.73. The molecule has 0 unspecified atom stereocenters. The van der Waals surface area contributed by atoms with Crippen molar-refractivity contribution >= 4 is 34.1 Å². The van der Waals surface area contributed by atoms with Gasteiger partial charge in [-0.15, -0.1) is 0 Å². The fourth-order valence-corrected chi connectivity index (χ4v) is 2.09. The van der Waals surface area contributed by atoms with Gasteiger partial charge in [-0.2, -0.15) is 0 Å². The number of aromatic nitrogens is 3. The van der Waals surface area contributed by atoms with Crippen LogP contribution in [0.3, 0.4) is 0 Å². The molecule has 4 nitrogen and oxygen atoms in total. The van der Waals surface area contributed by atoms with Gasteiger partial charge in [0.05, 0.1) is 5.69 Å². The maximum atomic E-state index is 5.66. The normalized spacial score (nSPS) is 10.9. The summed E-state index contributed by atoms with van der Waals surface area (Å²) in [6, 6.07) is 7.66. The van der Waals surface area contributed by atoms with Gasteiger partial charge in [0.1, 0.15) is 0 Å². The standard InChI is InChI=1S/C12H9IN4/c13-9-5-15-12-16-11(7-17(12)6-9)8-1-3-10(14)4-2-8/h1-7H,14H2. The van der Waals surface area contributed by atoms with Crippen molar-refractivity contribution in [3.8, 4) is 11.3 Å². The van der Waals surface area contributed by atoms with E-state index in [1.807, 2.05) is 41.1 Å². The van der Waals surface area contributed by atoms with Gasteiger partial charge in [-0.3, -0.25) is 4.40 Å². The van der Waals surface area contributed by atoms with E-state index >= 15 is 0 Å². The van der Waals surface area contributed by atoms with Gasteiger partial charge in [0, 0.05) is 33.4 Å². The number of hydrogen-bond donors (Lipinski definition) is 1. The predicted molar refractivity (Wildman–Crippen MR) is 75.6 cm³/mol. The maximum Gasteiger partial charge on any atom is 0.234 e. The molecule has 2 aromatic heterocycles. The Kier molecular flexibility index (Phi) is 2.47. The third-order valence-electron chi connectivity index (χ3n) is 2.48. The molecule has 0 bridgehead atoms. The van der Waals surface area contributed by atoms with Crippen molar-refractivity contribution in [1.82, 2.24) is 14.4 Å². The Morgan fingerprint density at radius 1 is 1.12 bits per heavy atom. The van der Waals surface area contributed by atoms with Gasteiger partial charge in [-0.05, 0) is 34.7 Å². The van der Waals surface area contributed by atoms with Crippen LogP contribution in [0.15, 0.2) is 42.9 Å². The van der Waals surface area contributed by atoms with Crippen LogP contribution >= 0.6 is 22.6 Å². The molecule has 3 aromatic rings. The third-order valence-corrected chi connectivity index (χ3v) is 3.04. The van der Waals surface area contributed by atoms with Crippen LogP contribution in [0.4, 0.5) is 5.69 Å². The average Bonchev–Trinajstić information content (AvgIpc) is 2.72. The molecule has 2 N–H and O–H groups in total. The molecule has 5 heteroatoms. The second-order valence-corrected chi connectivity index (χ2v) is 4.97. The molecule has 0 fully saturated rings. The van der Waals surface area contributed by atoms with Crippen molar-refractivity contribution in [3.05, 3.63) is 46.4 Å². The minimum atomic E-state index is 0.706. The minimum absolute atomic E-state index is 0.706. The summed E-state index contributed by atoms with van der Waals surface area (Å²) < 4.78 is 3.00. The number of nitrogens with two attached hydrogens (primary N) is 1. The summed E-state index contributed by atoms with van der Waals surface area (Å²) in [4.78, 5) is 8.73. The molecule has 84 valence electrons. The molecule has 0 radical (unpaired) electrons. The lowest BCUT2D eigenvalue weighted by Crippen LogP contribution is -1.87. The third kappa shape index (κ3) is 1.97. The molecule has 17 heavy (non-hydrogen) atoms. The van der Waals surface area contributed by atoms with E-state index < -0.39 is 0 Å². The smallest absolute Gasteiger partial charge is 0.234 e. The van der Waals surface area contributed by atoms with Crippen molar-refractivity contribution in [1.29, 1.82) is 0 Å². The van der Waals surface area contributed by atoms with Gasteiger partial charge < -0.3 is 5.73 Å². The number of anilines is 1. The minimum Gasteiger partial charge on any atom is -0.399 e. The first-order valence-corrected chi connectivity index (χ1v) is 6.16. The molecule has 2 heterocycles. The quantitative estimate of drug-likeness (QED) is 0.549. The average molecular weight is 336 g/mol. The van der Waals surface area contributed by atoms with E-state index in [1.165, 1.54) is 0 Å². The number of imidazole rings is 1. The molecule has 0 aliphatic rings. The molecule has 0 atom stereocenters. The highest BCUT2D eigenvalue weighted by atomic mass is 127. The van der Waals surface area contributed by atoms with E-state index in [0.29, 0.717) is 5.78 Å². The van der Waals surface area contributed by atoms with Gasteiger partial charge in [0.2, 0.25) is 5.78 Å². The number of hydrogen-bond acceptors (Lipinski definition) is 3. The van der Waals surface area contributed by atoms with Crippen molar-refractivity contribution < 1.29 is 0 Å². The molecule has 0 spiro atoms. The van der Waals surface area contributed by atoms with E-state index in [2.05, 4.69) is 32.6 Å². The lowest BCUT2D eigenvalue weighted by molar-refractivity contribution is 1.09. The Labute approximate surface area is 112 Å². The summed E-state index contributed by atoms with van der Waals surface area (Å²) in [7, 11) is 0. The van der Waals surface area contributed by atoms with Gasteiger partial charge in [-0.25, -0.2) is 9.97 Å². The predicted octanol–water partition coefficient (Wildman–Crippen LogP) is 2.58. The van der Waals surface area contributed by atoms with Crippen LogP contribution in [0.5, 0.6) is 0 Å². The SMILES string of the molecule is Nc1ccc(-c2cn3cc(I)cnc3n2)cc1. The number of fused-ring (bicyclic) bond motifs is 1. The molecular weight excluding hydrogens is 327 g/mol. The molecular formula is C12H9IN4. The number of benzene rings is 1. The maximum absolute atomic E-state index is 5.66. The van der Waals surface area contributed by atoms with Crippen molar-refractivity contribution in [2.75, 3.05) is 5.73 Å². The van der Waals surface area contributed by atoms with Crippen molar-refractivity contribution in [2.24, 2.45) is 0 Å². The highest BCUT2D eigenvalue weighted by molar-refractivity contribution is 14.1. The molecule has 0 aliphatic carbocycles. The molecule has 0 saturated heterocycles. The van der Waals surface area contributed by atoms with E-state index in [-0.39, 0.29) is 0 Å². The Hall–Kier alpha value is -1.63. The van der Waals surface area contributed by atoms with Gasteiger partial charge in [0.15, 0.2) is 0 Å². The summed E-state index contributed by atoms with van der Waals surface area (Å²) in [5.74, 6) is 0.706. The fraction of sp³-hybridized carbons (Fsp3) is 0. The number of nitrogen functional groups attached to an aromatic ring is 1. The first-order valence-electron chi connectivity index (χ1n) is 5.08. The Balaban J connectivity index is 2.14. The Morgan fingerprint density at radius 2 is 1.88 bits per heavy atom. The largest absolute Gasteiger partial charge is 0.399 e. The summed E-state index contributed by atoms with van der Waals surface area (Å²) in [5, 5.41) is 0. The molecule has 0 amide bonds. The highest BCUT2D eigenvalue weighted by Crippen LogP contribution is 2.20. The van der Waals surface area contributed by atoms with Gasteiger partial charge in [-0.1, -0.05) is 12.1 Å². The molecule has 1 aromatic carbocycles. The summed E-state index contributed by atoms with van der Waals surface area (Å²) in [6.45, 7) is 0. The van der Waals surface area contributed by atoms with Crippen LogP contribution in [-0.2, 0) is 0 Å². The Morgan fingerprint density at radius 3 is 2.65 bits per heavy atom. The first kappa shape index (κ1) is 10.5. The zero-order chi connectivity index (χ0) is 11.8. The lowest BCUT2D eigenvalue weighted by Gasteiger charge is -1.96. The summed E-state index contributed by atoms with van der Waals surface area (Å²) in [6.07, 6.45) is 5.77. The highest BCUT2D eigenvalue weighted by Gasteiger charge is 2.05. The fourth-order valence-electron chi connectivity index (χ4n) is 1.65. The van der Waals surface area contributed by atoms with Crippen LogP contribution in [-0.4, -0.2) is 14.4 Å². The topological polar surface area (TPSA) is 56.2 Å². The van der Waals surface area contributed by atoms with Crippen LogP contribution in [0.25, 0.3) is 17.0 Å². The van der Waals surface area contributed by atoms with E-state index in [1.54, 1.807) is 6.20 Å². The number of nitrogens with zero attached hydrogens (tertiary/aromatic N) is 3. The van der Waals surface area contributed by atoms with Crippen molar-refractivity contribution in [3.63, 3.8) is 0 Å². The van der Waals surface area contributed by atoms with Crippen LogP contribution in [0.1, 0.15) is 0 Å². The van der Waals surface area contributed by atoms with E-state index in [4.69, 9.17) is 5.73 Å². The number of halogens is 1. The number of rotatable bonds is 1. The van der Waals surface area contributed by atoms with Gasteiger partial charge in [0.25, 0.3) is 0 Å². The molecule has 0 saturated carbocycles.